The average molecular weight is 625 g/mol. The van der Waals surface area contributed by atoms with Gasteiger partial charge in [0.15, 0.2) is 11.5 Å². The van der Waals surface area contributed by atoms with Gasteiger partial charge in [-0.2, -0.15) is 5.26 Å². The van der Waals surface area contributed by atoms with Gasteiger partial charge in [0.25, 0.3) is 0 Å². The van der Waals surface area contributed by atoms with Crippen LogP contribution in [-0.2, 0) is 19.8 Å². The fourth-order valence-electron chi connectivity index (χ4n) is 5.85. The Morgan fingerprint density at radius 1 is 1.00 bits per heavy atom. The first kappa shape index (κ1) is 30.7. The SMILES string of the molecule is Cc1c(COc2cc(OCc3cncc(C#N)c3)c(CN[C@@H]3CCCN(C)C3)cc2Cl)cccc1-c1ccc2c(c1)OCCO2. The summed E-state index contributed by atoms with van der Waals surface area (Å²) in [6, 6.07) is 20.4. The van der Waals surface area contributed by atoms with Gasteiger partial charge in [-0.3, -0.25) is 4.98 Å². The molecule has 232 valence electrons. The molecule has 1 aromatic heterocycles. The standard InChI is InChI=1S/C36H37ClN4O4/c1-24-28(5-3-7-31(24)27-8-9-33-36(15-27)43-12-11-42-33)23-45-35-16-34(44-22-26-13-25(17-38)18-39-19-26)29(14-32(35)37)20-40-30-6-4-10-41(2)21-30/h3,5,7-9,13-16,18-19,30,40H,4,6,10-12,20-23H2,1-2H3/t30-/m1/s1. The minimum atomic E-state index is 0.263. The molecule has 3 heterocycles. The van der Waals surface area contributed by atoms with Gasteiger partial charge in [-0.25, -0.2) is 0 Å². The van der Waals surface area contributed by atoms with Crippen molar-refractivity contribution in [3.63, 3.8) is 0 Å². The number of halogens is 1. The molecule has 0 spiro atoms. The van der Waals surface area contributed by atoms with E-state index in [1.807, 2.05) is 30.3 Å². The van der Waals surface area contributed by atoms with E-state index in [4.69, 9.17) is 30.5 Å². The Hall–Kier alpha value is -4.29. The number of nitrogens with one attached hydrogen (secondary N) is 1. The highest BCUT2D eigenvalue weighted by atomic mass is 35.5. The van der Waals surface area contributed by atoms with Gasteiger partial charge in [0, 0.05) is 48.7 Å². The number of nitriles is 1. The van der Waals surface area contributed by atoms with E-state index in [2.05, 4.69) is 53.4 Å². The normalized spacial score (nSPS) is 16.2. The topological polar surface area (TPSA) is 88.9 Å². The summed E-state index contributed by atoms with van der Waals surface area (Å²) in [6.07, 6.45) is 5.55. The van der Waals surface area contributed by atoms with Crippen molar-refractivity contribution >= 4 is 11.6 Å². The predicted molar refractivity (Wildman–Crippen MR) is 174 cm³/mol. The highest BCUT2D eigenvalue weighted by Gasteiger charge is 2.19. The summed E-state index contributed by atoms with van der Waals surface area (Å²) in [7, 11) is 2.16. The van der Waals surface area contributed by atoms with Gasteiger partial charge < -0.3 is 29.2 Å². The van der Waals surface area contributed by atoms with Crippen molar-refractivity contribution in [2.24, 2.45) is 0 Å². The number of hydrogen-bond acceptors (Lipinski definition) is 8. The van der Waals surface area contributed by atoms with Crippen molar-refractivity contribution in [3.8, 4) is 40.2 Å². The second-order valence-corrected chi connectivity index (χ2v) is 12.0. The number of ether oxygens (including phenoxy) is 4. The summed E-state index contributed by atoms with van der Waals surface area (Å²) in [6.45, 7) is 6.55. The van der Waals surface area contributed by atoms with Crippen molar-refractivity contribution < 1.29 is 18.9 Å². The fraction of sp³-hybridized carbons (Fsp3) is 0.333. The van der Waals surface area contributed by atoms with Crippen LogP contribution in [0.15, 0.2) is 67.0 Å². The van der Waals surface area contributed by atoms with E-state index < -0.39 is 0 Å². The van der Waals surface area contributed by atoms with Crippen LogP contribution < -0.4 is 24.3 Å². The van der Waals surface area contributed by atoms with E-state index >= 15 is 0 Å². The number of fused-ring (bicyclic) bond motifs is 1. The summed E-state index contributed by atoms with van der Waals surface area (Å²) >= 11 is 6.82. The summed E-state index contributed by atoms with van der Waals surface area (Å²) < 4.78 is 24.2. The number of likely N-dealkylation sites (tertiary alicyclic amines) is 1. The van der Waals surface area contributed by atoms with E-state index in [-0.39, 0.29) is 6.61 Å². The molecule has 4 aromatic rings. The molecule has 1 atom stereocenters. The largest absolute Gasteiger partial charge is 0.488 e. The van der Waals surface area contributed by atoms with Crippen LogP contribution in [0.25, 0.3) is 11.1 Å². The quantitative estimate of drug-likeness (QED) is 0.209. The molecule has 0 saturated carbocycles. The molecule has 1 saturated heterocycles. The Bertz CT molecular complexity index is 1710. The first-order valence-electron chi connectivity index (χ1n) is 15.3. The molecule has 9 heteroatoms. The van der Waals surface area contributed by atoms with Crippen molar-refractivity contribution in [2.75, 3.05) is 33.4 Å². The molecule has 45 heavy (non-hydrogen) atoms. The van der Waals surface area contributed by atoms with Gasteiger partial charge in [-0.05, 0) is 79.9 Å². The number of aromatic nitrogens is 1. The third kappa shape index (κ3) is 7.51. The second-order valence-electron chi connectivity index (χ2n) is 11.6. The highest BCUT2D eigenvalue weighted by molar-refractivity contribution is 6.32. The van der Waals surface area contributed by atoms with Crippen LogP contribution >= 0.6 is 11.6 Å². The summed E-state index contributed by atoms with van der Waals surface area (Å²) in [5.41, 5.74) is 6.58. The molecule has 2 aliphatic heterocycles. The number of pyridine rings is 1. The van der Waals surface area contributed by atoms with E-state index in [1.54, 1.807) is 18.5 Å². The molecule has 0 amide bonds. The maximum absolute atomic E-state index is 9.29. The van der Waals surface area contributed by atoms with Crippen molar-refractivity contribution in [2.45, 2.75) is 45.6 Å². The Labute approximate surface area is 269 Å². The molecular weight excluding hydrogens is 588 g/mol. The molecule has 6 rings (SSSR count). The highest BCUT2D eigenvalue weighted by Crippen LogP contribution is 2.37. The number of nitrogens with zero attached hydrogens (tertiary/aromatic N) is 3. The van der Waals surface area contributed by atoms with Crippen LogP contribution in [0, 0.1) is 18.3 Å². The van der Waals surface area contributed by atoms with Crippen LogP contribution in [0.1, 0.15) is 40.7 Å². The minimum Gasteiger partial charge on any atom is -0.488 e. The Morgan fingerprint density at radius 3 is 2.69 bits per heavy atom. The molecule has 2 aliphatic rings. The van der Waals surface area contributed by atoms with Gasteiger partial charge in [0.1, 0.15) is 44.0 Å². The summed E-state index contributed by atoms with van der Waals surface area (Å²) in [4.78, 5) is 6.52. The van der Waals surface area contributed by atoms with Crippen LogP contribution in [0.3, 0.4) is 0 Å². The fourth-order valence-corrected chi connectivity index (χ4v) is 6.09. The first-order valence-corrected chi connectivity index (χ1v) is 15.7. The minimum absolute atomic E-state index is 0.263. The average Bonchev–Trinajstić information content (AvgIpc) is 3.06. The molecule has 0 bridgehead atoms. The van der Waals surface area contributed by atoms with Crippen molar-refractivity contribution in [1.82, 2.24) is 15.2 Å². The Balaban J connectivity index is 1.21. The molecule has 3 aromatic carbocycles. The van der Waals surface area contributed by atoms with Crippen LogP contribution in [-0.4, -0.2) is 49.3 Å². The van der Waals surface area contributed by atoms with Gasteiger partial charge in [0.05, 0.1) is 10.6 Å². The zero-order valence-electron chi connectivity index (χ0n) is 25.6. The van der Waals surface area contributed by atoms with Gasteiger partial charge in [-0.1, -0.05) is 35.9 Å². The molecule has 0 radical (unpaired) electrons. The summed E-state index contributed by atoms with van der Waals surface area (Å²) in [5, 5.41) is 13.5. The Morgan fingerprint density at radius 2 is 1.84 bits per heavy atom. The van der Waals surface area contributed by atoms with Gasteiger partial charge in [-0.15, -0.1) is 0 Å². The smallest absolute Gasteiger partial charge is 0.161 e. The van der Waals surface area contributed by atoms with Crippen LogP contribution in [0.4, 0.5) is 0 Å². The Kier molecular flexibility index (Phi) is 9.70. The number of piperidine rings is 1. The third-order valence-corrected chi connectivity index (χ3v) is 8.62. The number of hydrogen-bond donors (Lipinski definition) is 1. The lowest BCUT2D eigenvalue weighted by atomic mass is 9.96. The first-order chi connectivity index (χ1) is 22.0. The maximum atomic E-state index is 9.29. The zero-order valence-corrected chi connectivity index (χ0v) is 26.4. The third-order valence-electron chi connectivity index (χ3n) is 8.32. The number of benzene rings is 3. The lowest BCUT2D eigenvalue weighted by Crippen LogP contribution is -2.43. The lowest BCUT2D eigenvalue weighted by Gasteiger charge is -2.30. The molecular formula is C36H37ClN4O4. The number of rotatable bonds is 10. The van der Waals surface area contributed by atoms with Crippen LogP contribution in [0.2, 0.25) is 5.02 Å². The molecule has 8 nitrogen and oxygen atoms in total. The lowest BCUT2D eigenvalue weighted by molar-refractivity contribution is 0.171. The molecule has 1 fully saturated rings. The summed E-state index contributed by atoms with van der Waals surface area (Å²) in [5.74, 6) is 2.75. The monoisotopic (exact) mass is 624 g/mol. The van der Waals surface area contributed by atoms with E-state index in [0.717, 1.165) is 64.4 Å². The predicted octanol–water partition coefficient (Wildman–Crippen LogP) is 6.70. The van der Waals surface area contributed by atoms with Gasteiger partial charge in [0.2, 0.25) is 0 Å². The molecule has 0 unspecified atom stereocenters. The van der Waals surface area contributed by atoms with E-state index in [9.17, 15) is 5.26 Å². The van der Waals surface area contributed by atoms with Gasteiger partial charge >= 0.3 is 0 Å². The zero-order chi connectivity index (χ0) is 31.2. The maximum Gasteiger partial charge on any atom is 0.161 e. The molecule has 0 aliphatic carbocycles. The van der Waals surface area contributed by atoms with Crippen molar-refractivity contribution in [1.29, 1.82) is 5.26 Å². The van der Waals surface area contributed by atoms with Crippen molar-refractivity contribution in [3.05, 3.63) is 99.8 Å². The second kappa shape index (κ2) is 14.2. The van der Waals surface area contributed by atoms with E-state index in [0.29, 0.717) is 54.5 Å². The molecule has 1 N–H and O–H groups in total. The number of likely N-dealkylation sites (N-methyl/N-ethyl adjacent to an activating group) is 1. The van der Waals surface area contributed by atoms with E-state index in [1.165, 1.54) is 6.42 Å². The van der Waals surface area contributed by atoms with Crippen LogP contribution in [0.5, 0.6) is 23.0 Å².